The van der Waals surface area contributed by atoms with Gasteiger partial charge in [0.25, 0.3) is 5.91 Å². The number of carbonyl (C=O) groups is 2. The van der Waals surface area contributed by atoms with Crippen molar-refractivity contribution in [3.63, 3.8) is 0 Å². The Morgan fingerprint density at radius 3 is 2.51 bits per heavy atom. The fourth-order valence-corrected chi connectivity index (χ4v) is 4.37. The molecule has 2 aromatic heterocycles. The van der Waals surface area contributed by atoms with Crippen LogP contribution in [0.4, 0.5) is 10.6 Å². The van der Waals surface area contributed by atoms with Gasteiger partial charge in [-0.3, -0.25) is 9.89 Å². The molecule has 1 saturated heterocycles. The average Bonchev–Trinajstić information content (AvgIpc) is 3.16. The Hall–Kier alpha value is -3.11. The zero-order chi connectivity index (χ0) is 25.5. The quantitative estimate of drug-likeness (QED) is 0.466. The number of nitrogens with zero attached hydrogens (tertiary/aromatic N) is 4. The van der Waals surface area contributed by atoms with Crippen molar-refractivity contribution < 1.29 is 14.3 Å². The van der Waals surface area contributed by atoms with Gasteiger partial charge in [0.2, 0.25) is 0 Å². The molecule has 0 bridgehead atoms. The van der Waals surface area contributed by atoms with Gasteiger partial charge >= 0.3 is 6.09 Å². The highest BCUT2D eigenvalue weighted by atomic mass is 35.5. The number of amides is 2. The minimum absolute atomic E-state index is 0.0296. The Morgan fingerprint density at radius 2 is 1.89 bits per heavy atom. The second-order valence-electron chi connectivity index (χ2n) is 9.81. The molecule has 3 aromatic rings. The van der Waals surface area contributed by atoms with E-state index in [0.29, 0.717) is 64.2 Å². The van der Waals surface area contributed by atoms with Crippen LogP contribution in [0, 0.1) is 0 Å². The monoisotopic (exact) mass is 519 g/mol. The number of primary amides is 1. The molecular formula is C23H27Cl2N7O3. The number of anilines is 1. The van der Waals surface area contributed by atoms with Gasteiger partial charge in [-0.1, -0.05) is 35.3 Å². The maximum absolute atomic E-state index is 12.3. The minimum Gasteiger partial charge on any atom is -0.444 e. The van der Waals surface area contributed by atoms with Gasteiger partial charge in [0, 0.05) is 24.2 Å². The van der Waals surface area contributed by atoms with Gasteiger partial charge < -0.3 is 20.7 Å². The molecule has 4 N–H and O–H groups in total. The van der Waals surface area contributed by atoms with Gasteiger partial charge in [-0.05, 0) is 46.6 Å². The molecule has 0 aliphatic carbocycles. The van der Waals surface area contributed by atoms with E-state index in [0.717, 1.165) is 0 Å². The van der Waals surface area contributed by atoms with Crippen molar-refractivity contribution in [2.24, 2.45) is 5.73 Å². The number of rotatable bonds is 4. The van der Waals surface area contributed by atoms with Crippen LogP contribution < -0.4 is 16.0 Å². The lowest BCUT2D eigenvalue weighted by atomic mass is 9.89. The van der Waals surface area contributed by atoms with E-state index in [9.17, 15) is 9.59 Å². The second-order valence-corrected chi connectivity index (χ2v) is 10.6. The second kappa shape index (κ2) is 9.16. The number of nitrogens with two attached hydrogens (primary N) is 1. The maximum Gasteiger partial charge on any atom is 0.408 e. The molecule has 35 heavy (non-hydrogen) atoms. The fraction of sp³-hybridized carbons (Fsp3) is 0.435. The molecule has 10 nitrogen and oxygen atoms in total. The third kappa shape index (κ3) is 5.28. The summed E-state index contributed by atoms with van der Waals surface area (Å²) in [7, 11) is 0. The van der Waals surface area contributed by atoms with Crippen molar-refractivity contribution in [3.05, 3.63) is 33.9 Å². The highest BCUT2D eigenvalue weighted by Crippen LogP contribution is 2.36. The van der Waals surface area contributed by atoms with Crippen molar-refractivity contribution >= 4 is 52.2 Å². The molecule has 0 unspecified atom stereocenters. The number of halogens is 2. The van der Waals surface area contributed by atoms with E-state index in [2.05, 4.69) is 25.5 Å². The van der Waals surface area contributed by atoms with Gasteiger partial charge in [-0.25, -0.2) is 14.8 Å². The maximum atomic E-state index is 12.3. The standard InChI is InChI=1S/C23H27Cl2N7O3/c1-22(2,3)35-21(34)29-23(4)8-10-32(11-9-23)20-17(18(26)33)27-16-15(30-31-19(16)28-20)12-6-5-7-13(24)14(12)25/h5-7H,8-11H2,1-4H3,(H2,26,33)(H,29,34)(H,28,30,31). The van der Waals surface area contributed by atoms with Gasteiger partial charge in [0.05, 0.1) is 10.0 Å². The lowest BCUT2D eigenvalue weighted by Gasteiger charge is -2.40. The van der Waals surface area contributed by atoms with E-state index in [1.807, 2.05) is 32.6 Å². The molecule has 1 aliphatic heterocycles. The predicted octanol–water partition coefficient (Wildman–Crippen LogP) is 4.31. The number of aromatic nitrogens is 4. The summed E-state index contributed by atoms with van der Waals surface area (Å²) in [6.45, 7) is 8.46. The topological polar surface area (TPSA) is 139 Å². The van der Waals surface area contributed by atoms with Crippen molar-refractivity contribution in [3.8, 4) is 11.3 Å². The van der Waals surface area contributed by atoms with Crippen molar-refractivity contribution in [2.45, 2.75) is 51.7 Å². The van der Waals surface area contributed by atoms with Crippen LogP contribution in [0.3, 0.4) is 0 Å². The van der Waals surface area contributed by atoms with Gasteiger partial charge in [-0.2, -0.15) is 5.10 Å². The molecule has 0 radical (unpaired) electrons. The highest BCUT2D eigenvalue weighted by Gasteiger charge is 2.35. The number of fused-ring (bicyclic) bond motifs is 1. The van der Waals surface area contributed by atoms with Gasteiger partial charge in [0.15, 0.2) is 17.2 Å². The zero-order valence-corrected chi connectivity index (χ0v) is 21.4. The molecule has 1 fully saturated rings. The first-order chi connectivity index (χ1) is 16.4. The number of aromatic amines is 1. The summed E-state index contributed by atoms with van der Waals surface area (Å²) >= 11 is 12.5. The molecule has 1 aromatic carbocycles. The van der Waals surface area contributed by atoms with E-state index < -0.39 is 23.1 Å². The number of benzene rings is 1. The lowest BCUT2D eigenvalue weighted by Crippen LogP contribution is -2.54. The van der Waals surface area contributed by atoms with Crippen LogP contribution in [0.1, 0.15) is 51.0 Å². The summed E-state index contributed by atoms with van der Waals surface area (Å²) in [4.78, 5) is 35.7. The largest absolute Gasteiger partial charge is 0.444 e. The van der Waals surface area contributed by atoms with Crippen LogP contribution in [0.2, 0.25) is 10.0 Å². The SMILES string of the molecule is CC1(NC(=O)OC(C)(C)C)CCN(c2nc3[nH]nc(-c4cccc(Cl)c4Cl)c3nc2C(N)=O)CC1. The number of carbonyl (C=O) groups excluding carboxylic acids is 2. The summed E-state index contributed by atoms with van der Waals surface area (Å²) in [6, 6.07) is 5.17. The Kier molecular flexibility index (Phi) is 6.54. The molecule has 0 spiro atoms. The Bertz CT molecular complexity index is 1290. The molecule has 12 heteroatoms. The molecule has 186 valence electrons. The van der Waals surface area contributed by atoms with Crippen LogP contribution in [-0.4, -0.2) is 56.4 Å². The molecule has 3 heterocycles. The number of hydrogen-bond acceptors (Lipinski definition) is 7. The zero-order valence-electron chi connectivity index (χ0n) is 19.9. The van der Waals surface area contributed by atoms with Gasteiger partial charge in [0.1, 0.15) is 16.8 Å². The average molecular weight is 520 g/mol. The molecule has 2 amide bonds. The van der Waals surface area contributed by atoms with E-state index >= 15 is 0 Å². The first-order valence-corrected chi connectivity index (χ1v) is 11.9. The summed E-state index contributed by atoms with van der Waals surface area (Å²) in [5, 5.41) is 10.8. The van der Waals surface area contributed by atoms with E-state index in [1.54, 1.807) is 18.2 Å². The first-order valence-electron chi connectivity index (χ1n) is 11.1. The van der Waals surface area contributed by atoms with E-state index in [4.69, 9.17) is 33.7 Å². The summed E-state index contributed by atoms with van der Waals surface area (Å²) in [5.74, 6) is -0.351. The third-order valence-electron chi connectivity index (χ3n) is 5.78. The van der Waals surface area contributed by atoms with Crippen LogP contribution in [-0.2, 0) is 4.74 Å². The fourth-order valence-electron chi connectivity index (χ4n) is 3.98. The number of hydrogen-bond donors (Lipinski definition) is 3. The van der Waals surface area contributed by atoms with Gasteiger partial charge in [-0.15, -0.1) is 0 Å². The Balaban J connectivity index is 1.61. The number of nitrogens with one attached hydrogen (secondary N) is 2. The van der Waals surface area contributed by atoms with Crippen LogP contribution in [0.5, 0.6) is 0 Å². The first kappa shape index (κ1) is 25.0. The smallest absolute Gasteiger partial charge is 0.408 e. The molecule has 4 rings (SSSR count). The molecule has 0 saturated carbocycles. The summed E-state index contributed by atoms with van der Waals surface area (Å²) < 4.78 is 5.39. The van der Waals surface area contributed by atoms with E-state index in [-0.39, 0.29) is 5.69 Å². The molecule has 1 aliphatic rings. The molecule has 0 atom stereocenters. The number of alkyl carbamates (subject to hydrolysis) is 1. The third-order valence-corrected chi connectivity index (χ3v) is 6.60. The van der Waals surface area contributed by atoms with Crippen LogP contribution in [0.25, 0.3) is 22.4 Å². The Morgan fingerprint density at radius 1 is 1.20 bits per heavy atom. The van der Waals surface area contributed by atoms with Crippen molar-refractivity contribution in [2.75, 3.05) is 18.0 Å². The predicted molar refractivity (Wildman–Crippen MR) is 135 cm³/mol. The number of piperidine rings is 1. The summed E-state index contributed by atoms with van der Waals surface area (Å²) in [5.41, 5.74) is 6.39. The molecular weight excluding hydrogens is 493 g/mol. The van der Waals surface area contributed by atoms with Crippen molar-refractivity contribution in [1.29, 1.82) is 0 Å². The van der Waals surface area contributed by atoms with Crippen LogP contribution >= 0.6 is 23.2 Å². The Labute approximate surface area is 212 Å². The highest BCUT2D eigenvalue weighted by molar-refractivity contribution is 6.43. The number of H-pyrrole nitrogens is 1. The van der Waals surface area contributed by atoms with Crippen molar-refractivity contribution in [1.82, 2.24) is 25.5 Å². The lowest BCUT2D eigenvalue weighted by molar-refractivity contribution is 0.0448. The van der Waals surface area contributed by atoms with Crippen LogP contribution in [0.15, 0.2) is 18.2 Å². The normalized spacial score (nSPS) is 15.8. The minimum atomic E-state index is -0.709. The number of ether oxygens (including phenoxy) is 1. The van der Waals surface area contributed by atoms with E-state index in [1.165, 1.54) is 0 Å². The summed E-state index contributed by atoms with van der Waals surface area (Å²) in [6.07, 6.45) is 0.754.